The molecular weight excluding hydrogens is 344 g/mol. The number of hydrogen-bond acceptors (Lipinski definition) is 4. The molecule has 6 nitrogen and oxygen atoms in total. The van der Waals surface area contributed by atoms with E-state index in [1.165, 1.54) is 0 Å². The van der Waals surface area contributed by atoms with Crippen molar-refractivity contribution >= 4 is 17.7 Å². The van der Waals surface area contributed by atoms with Gasteiger partial charge in [0.1, 0.15) is 5.75 Å². The zero-order valence-electron chi connectivity index (χ0n) is 15.5. The highest BCUT2D eigenvalue weighted by molar-refractivity contribution is 6.21. The van der Waals surface area contributed by atoms with Crippen LogP contribution in [0.15, 0.2) is 48.5 Å². The first-order valence-corrected chi connectivity index (χ1v) is 8.92. The van der Waals surface area contributed by atoms with Gasteiger partial charge in [-0.25, -0.2) is 0 Å². The van der Waals surface area contributed by atoms with E-state index in [0.717, 1.165) is 16.2 Å². The van der Waals surface area contributed by atoms with Gasteiger partial charge in [0, 0.05) is 26.6 Å². The van der Waals surface area contributed by atoms with Gasteiger partial charge < -0.3 is 9.64 Å². The molecule has 0 aromatic heterocycles. The maximum atomic E-state index is 12.4. The number of amides is 3. The first-order valence-electron chi connectivity index (χ1n) is 8.92. The molecule has 0 radical (unpaired) electrons. The standard InChI is InChI=1S/C21H22N2O4/c1-3-27-16-10-8-15(9-11-16)14-22(2)19(24)12-13-23-20(25)17-6-4-5-7-18(17)21(23)26/h4-11H,3,12-14H2,1-2H3. The Kier molecular flexibility index (Phi) is 5.54. The fourth-order valence-corrected chi connectivity index (χ4v) is 3.06. The number of benzene rings is 2. The predicted molar refractivity (Wildman–Crippen MR) is 101 cm³/mol. The van der Waals surface area contributed by atoms with Crippen LogP contribution in [0.25, 0.3) is 0 Å². The largest absolute Gasteiger partial charge is 0.494 e. The van der Waals surface area contributed by atoms with E-state index in [9.17, 15) is 14.4 Å². The van der Waals surface area contributed by atoms with Crippen molar-refractivity contribution < 1.29 is 19.1 Å². The highest BCUT2D eigenvalue weighted by atomic mass is 16.5. The van der Waals surface area contributed by atoms with Gasteiger partial charge in [-0.05, 0) is 36.8 Å². The molecule has 0 aliphatic carbocycles. The normalized spacial score (nSPS) is 12.9. The fraction of sp³-hybridized carbons (Fsp3) is 0.286. The van der Waals surface area contributed by atoms with Crippen molar-refractivity contribution in [1.29, 1.82) is 0 Å². The monoisotopic (exact) mass is 366 g/mol. The molecule has 1 aliphatic heterocycles. The van der Waals surface area contributed by atoms with Crippen molar-refractivity contribution in [3.63, 3.8) is 0 Å². The van der Waals surface area contributed by atoms with Gasteiger partial charge in [-0.3, -0.25) is 19.3 Å². The maximum absolute atomic E-state index is 12.4. The number of carbonyl (C=O) groups excluding carboxylic acids is 3. The lowest BCUT2D eigenvalue weighted by Gasteiger charge is -2.19. The summed E-state index contributed by atoms with van der Waals surface area (Å²) in [5.74, 6) is -0.00331. The van der Waals surface area contributed by atoms with Crippen molar-refractivity contribution in [2.75, 3.05) is 20.2 Å². The van der Waals surface area contributed by atoms with Crippen LogP contribution in [0.5, 0.6) is 5.75 Å². The molecule has 6 heteroatoms. The van der Waals surface area contributed by atoms with Crippen LogP contribution in [0.1, 0.15) is 39.6 Å². The smallest absolute Gasteiger partial charge is 0.261 e. The highest BCUT2D eigenvalue weighted by Gasteiger charge is 2.35. The number of fused-ring (bicyclic) bond motifs is 1. The number of carbonyl (C=O) groups is 3. The molecule has 3 amide bonds. The molecule has 0 saturated carbocycles. The molecule has 140 valence electrons. The second kappa shape index (κ2) is 8.03. The van der Waals surface area contributed by atoms with Gasteiger partial charge in [0.05, 0.1) is 17.7 Å². The topological polar surface area (TPSA) is 66.9 Å². The third kappa shape index (κ3) is 4.00. The molecular formula is C21H22N2O4. The Morgan fingerprint density at radius 2 is 1.59 bits per heavy atom. The minimum atomic E-state index is -0.336. The number of imide groups is 1. The van der Waals surface area contributed by atoms with Gasteiger partial charge in [0.25, 0.3) is 11.8 Å². The summed E-state index contributed by atoms with van der Waals surface area (Å²) in [6, 6.07) is 14.3. The lowest BCUT2D eigenvalue weighted by Crippen LogP contribution is -2.35. The van der Waals surface area contributed by atoms with Crippen molar-refractivity contribution in [3.05, 3.63) is 65.2 Å². The summed E-state index contributed by atoms with van der Waals surface area (Å²) in [4.78, 5) is 39.8. The van der Waals surface area contributed by atoms with Crippen LogP contribution in [0.3, 0.4) is 0 Å². The van der Waals surface area contributed by atoms with E-state index in [1.54, 1.807) is 36.2 Å². The van der Waals surface area contributed by atoms with E-state index in [2.05, 4.69) is 0 Å². The number of ether oxygens (including phenoxy) is 1. The Bertz CT molecular complexity index is 826. The molecule has 3 rings (SSSR count). The molecule has 0 bridgehead atoms. The minimum absolute atomic E-state index is 0.0821. The molecule has 0 saturated heterocycles. The Balaban J connectivity index is 1.55. The minimum Gasteiger partial charge on any atom is -0.494 e. The molecule has 2 aromatic carbocycles. The second-order valence-corrected chi connectivity index (χ2v) is 6.38. The first kappa shape index (κ1) is 18.6. The summed E-state index contributed by atoms with van der Waals surface area (Å²) in [5.41, 5.74) is 1.78. The van der Waals surface area contributed by atoms with Gasteiger partial charge in [-0.2, -0.15) is 0 Å². The van der Waals surface area contributed by atoms with Crippen LogP contribution < -0.4 is 4.74 Å². The molecule has 0 unspecified atom stereocenters. The molecule has 0 atom stereocenters. The lowest BCUT2D eigenvalue weighted by molar-refractivity contribution is -0.130. The molecule has 0 N–H and O–H groups in total. The number of hydrogen-bond donors (Lipinski definition) is 0. The Labute approximate surface area is 158 Å². The van der Waals surface area contributed by atoms with Crippen LogP contribution in [0, 0.1) is 0 Å². The summed E-state index contributed by atoms with van der Waals surface area (Å²) in [7, 11) is 1.71. The summed E-state index contributed by atoms with van der Waals surface area (Å²) in [6.45, 7) is 3.07. The molecule has 1 heterocycles. The molecule has 2 aromatic rings. The van der Waals surface area contributed by atoms with Crippen LogP contribution in [0.2, 0.25) is 0 Å². The molecule has 27 heavy (non-hydrogen) atoms. The predicted octanol–water partition coefficient (Wildman–Crippen LogP) is 2.73. The maximum Gasteiger partial charge on any atom is 0.261 e. The van der Waals surface area contributed by atoms with Gasteiger partial charge >= 0.3 is 0 Å². The highest BCUT2D eigenvalue weighted by Crippen LogP contribution is 2.22. The van der Waals surface area contributed by atoms with E-state index in [4.69, 9.17) is 4.74 Å². The zero-order valence-corrected chi connectivity index (χ0v) is 15.5. The van der Waals surface area contributed by atoms with Gasteiger partial charge in [0.15, 0.2) is 0 Å². The summed E-state index contributed by atoms with van der Waals surface area (Å²) in [5, 5.41) is 0. The summed E-state index contributed by atoms with van der Waals surface area (Å²) >= 11 is 0. The van der Waals surface area contributed by atoms with Gasteiger partial charge in [-0.15, -0.1) is 0 Å². The lowest BCUT2D eigenvalue weighted by atomic mass is 10.1. The van der Waals surface area contributed by atoms with Crippen LogP contribution in [0.4, 0.5) is 0 Å². The molecule has 0 fully saturated rings. The Morgan fingerprint density at radius 1 is 1.00 bits per heavy atom. The van der Waals surface area contributed by atoms with Crippen molar-refractivity contribution in [1.82, 2.24) is 9.80 Å². The average molecular weight is 366 g/mol. The van der Waals surface area contributed by atoms with Gasteiger partial charge in [-0.1, -0.05) is 24.3 Å². The van der Waals surface area contributed by atoms with E-state index in [0.29, 0.717) is 24.3 Å². The Morgan fingerprint density at radius 3 is 2.15 bits per heavy atom. The first-order chi connectivity index (χ1) is 13.0. The number of rotatable bonds is 7. The Hall–Kier alpha value is -3.15. The van der Waals surface area contributed by atoms with Crippen LogP contribution >= 0.6 is 0 Å². The quantitative estimate of drug-likeness (QED) is 0.707. The summed E-state index contributed by atoms with van der Waals surface area (Å²) in [6.07, 6.45) is 0.0962. The third-order valence-corrected chi connectivity index (χ3v) is 4.51. The average Bonchev–Trinajstić information content (AvgIpc) is 2.92. The van der Waals surface area contributed by atoms with E-state index < -0.39 is 0 Å². The van der Waals surface area contributed by atoms with Gasteiger partial charge in [0.2, 0.25) is 5.91 Å². The van der Waals surface area contributed by atoms with E-state index in [1.807, 2.05) is 31.2 Å². The van der Waals surface area contributed by atoms with Crippen molar-refractivity contribution in [3.8, 4) is 5.75 Å². The zero-order chi connectivity index (χ0) is 19.4. The van der Waals surface area contributed by atoms with E-state index in [-0.39, 0.29) is 30.7 Å². The van der Waals surface area contributed by atoms with Crippen LogP contribution in [-0.2, 0) is 11.3 Å². The van der Waals surface area contributed by atoms with Crippen molar-refractivity contribution in [2.24, 2.45) is 0 Å². The van der Waals surface area contributed by atoms with Crippen molar-refractivity contribution in [2.45, 2.75) is 19.9 Å². The number of nitrogens with zero attached hydrogens (tertiary/aromatic N) is 2. The fourth-order valence-electron chi connectivity index (χ4n) is 3.06. The molecule has 0 spiro atoms. The molecule has 1 aliphatic rings. The van der Waals surface area contributed by atoms with E-state index >= 15 is 0 Å². The SMILES string of the molecule is CCOc1ccc(CN(C)C(=O)CCN2C(=O)c3ccccc3C2=O)cc1. The summed E-state index contributed by atoms with van der Waals surface area (Å²) < 4.78 is 5.41. The second-order valence-electron chi connectivity index (χ2n) is 6.38. The third-order valence-electron chi connectivity index (χ3n) is 4.51. The van der Waals surface area contributed by atoms with Crippen LogP contribution in [-0.4, -0.2) is 47.7 Å².